The van der Waals surface area contributed by atoms with E-state index in [1.54, 1.807) is 0 Å². The smallest absolute Gasteiger partial charge is 0.410 e. The van der Waals surface area contributed by atoms with E-state index in [2.05, 4.69) is 45.0 Å². The van der Waals surface area contributed by atoms with Crippen molar-refractivity contribution in [2.45, 2.75) is 45.8 Å². The number of benzene rings is 1. The van der Waals surface area contributed by atoms with Gasteiger partial charge in [0.2, 0.25) is 0 Å². The number of amides is 1. The first kappa shape index (κ1) is 17.4. The Morgan fingerprint density at radius 3 is 2.96 bits per heavy atom. The molecule has 1 amide bonds. The van der Waals surface area contributed by atoms with E-state index in [1.165, 1.54) is 0 Å². The van der Waals surface area contributed by atoms with Crippen LogP contribution in [0.4, 0.5) is 4.79 Å². The molecule has 1 aromatic heterocycles. The third-order valence-electron chi connectivity index (χ3n) is 4.08. The molecule has 24 heavy (non-hydrogen) atoms. The maximum atomic E-state index is 12.3. The number of ether oxygens (including phenoxy) is 1. The van der Waals surface area contributed by atoms with Crippen LogP contribution < -0.4 is 0 Å². The number of carbonyl (C=O) groups excluding carboxylic acids is 1. The Balaban J connectivity index is 1.67. The Kier molecular flexibility index (Phi) is 4.98. The lowest BCUT2D eigenvalue weighted by molar-refractivity contribution is 0.0156. The number of rotatable bonds is 2. The molecule has 3 rings (SSSR count). The second-order valence-electron chi connectivity index (χ2n) is 7.34. The molecule has 1 saturated heterocycles. The van der Waals surface area contributed by atoms with Crippen molar-refractivity contribution < 1.29 is 9.53 Å². The molecule has 1 unspecified atom stereocenters. The fourth-order valence-electron chi connectivity index (χ4n) is 3.03. The van der Waals surface area contributed by atoms with E-state index in [4.69, 9.17) is 4.74 Å². The number of piperidine rings is 1. The van der Waals surface area contributed by atoms with Crippen molar-refractivity contribution in [2.24, 2.45) is 5.92 Å². The first-order chi connectivity index (χ1) is 11.3. The van der Waals surface area contributed by atoms with Gasteiger partial charge in [-0.2, -0.15) is 0 Å². The molecule has 1 fully saturated rings. The van der Waals surface area contributed by atoms with Gasteiger partial charge in [0.05, 0.1) is 5.52 Å². The molecule has 2 aromatic rings. The van der Waals surface area contributed by atoms with Crippen LogP contribution in [0.15, 0.2) is 18.2 Å². The minimum Gasteiger partial charge on any atom is -0.444 e. The van der Waals surface area contributed by atoms with Crippen molar-refractivity contribution in [3.8, 4) is 0 Å². The van der Waals surface area contributed by atoms with Gasteiger partial charge in [0, 0.05) is 23.2 Å². The first-order valence-corrected chi connectivity index (χ1v) is 9.36. The summed E-state index contributed by atoms with van der Waals surface area (Å²) in [7, 11) is 0. The van der Waals surface area contributed by atoms with Crippen molar-refractivity contribution in [3.63, 3.8) is 0 Å². The summed E-state index contributed by atoms with van der Waals surface area (Å²) in [6.07, 6.45) is 1.87. The summed E-state index contributed by atoms with van der Waals surface area (Å²) in [5.74, 6) is 0.371. The molecule has 0 spiro atoms. The van der Waals surface area contributed by atoms with Crippen LogP contribution in [0.5, 0.6) is 0 Å². The SMILES string of the molecule is CC(C)(C)OC(=O)N1CCCC(Cn2nnc3cc(I)ccc32)C1. The van der Waals surface area contributed by atoms with E-state index >= 15 is 0 Å². The second kappa shape index (κ2) is 6.85. The van der Waals surface area contributed by atoms with Crippen molar-refractivity contribution in [1.29, 1.82) is 0 Å². The minimum atomic E-state index is -0.455. The van der Waals surface area contributed by atoms with Crippen LogP contribution in [0.2, 0.25) is 0 Å². The molecule has 7 heteroatoms. The maximum Gasteiger partial charge on any atom is 0.410 e. The Bertz CT molecular complexity index is 738. The van der Waals surface area contributed by atoms with Gasteiger partial charge in [0.25, 0.3) is 0 Å². The molecule has 0 bridgehead atoms. The fraction of sp³-hybridized carbons (Fsp3) is 0.588. The highest BCUT2D eigenvalue weighted by molar-refractivity contribution is 14.1. The summed E-state index contributed by atoms with van der Waals surface area (Å²) < 4.78 is 8.60. The minimum absolute atomic E-state index is 0.217. The molecule has 0 N–H and O–H groups in total. The first-order valence-electron chi connectivity index (χ1n) is 8.28. The number of halogens is 1. The van der Waals surface area contributed by atoms with E-state index < -0.39 is 5.60 Å². The topological polar surface area (TPSA) is 60.2 Å². The zero-order valence-electron chi connectivity index (χ0n) is 14.3. The largest absolute Gasteiger partial charge is 0.444 e. The van der Waals surface area contributed by atoms with Gasteiger partial charge in [-0.05, 0) is 80.3 Å². The molecule has 6 nitrogen and oxygen atoms in total. The number of fused-ring (bicyclic) bond motifs is 1. The molecule has 1 aromatic carbocycles. The van der Waals surface area contributed by atoms with E-state index in [0.717, 1.165) is 40.5 Å². The third kappa shape index (κ3) is 4.17. The summed E-state index contributed by atoms with van der Waals surface area (Å²) in [5.41, 5.74) is 1.51. The molecule has 130 valence electrons. The quantitative estimate of drug-likeness (QED) is 0.666. The van der Waals surface area contributed by atoms with Gasteiger partial charge in [-0.15, -0.1) is 5.10 Å². The lowest BCUT2D eigenvalue weighted by Gasteiger charge is -2.34. The normalized spacial score (nSPS) is 18.8. The predicted molar refractivity (Wildman–Crippen MR) is 101 cm³/mol. The van der Waals surface area contributed by atoms with Gasteiger partial charge >= 0.3 is 6.09 Å². The van der Waals surface area contributed by atoms with Crippen LogP contribution in [0.3, 0.4) is 0 Å². The van der Waals surface area contributed by atoms with Crippen LogP contribution in [0.25, 0.3) is 11.0 Å². The Morgan fingerprint density at radius 2 is 2.21 bits per heavy atom. The maximum absolute atomic E-state index is 12.3. The van der Waals surface area contributed by atoms with E-state index in [9.17, 15) is 4.79 Å². The van der Waals surface area contributed by atoms with Crippen LogP contribution in [0.1, 0.15) is 33.6 Å². The molecule has 0 radical (unpaired) electrons. The number of carbonyl (C=O) groups is 1. The number of hydrogen-bond donors (Lipinski definition) is 0. The lowest BCUT2D eigenvalue weighted by Crippen LogP contribution is -2.43. The van der Waals surface area contributed by atoms with Crippen molar-refractivity contribution in [1.82, 2.24) is 19.9 Å². The average molecular weight is 442 g/mol. The molecular formula is C17H23IN4O2. The number of nitrogens with zero attached hydrogens (tertiary/aromatic N) is 4. The van der Waals surface area contributed by atoms with Gasteiger partial charge in [-0.3, -0.25) is 0 Å². The Labute approximate surface area is 155 Å². The highest BCUT2D eigenvalue weighted by atomic mass is 127. The summed E-state index contributed by atoms with van der Waals surface area (Å²) in [5, 5.41) is 8.54. The molecule has 0 saturated carbocycles. The summed E-state index contributed by atoms with van der Waals surface area (Å²) >= 11 is 2.28. The van der Waals surface area contributed by atoms with Gasteiger partial charge in [0.1, 0.15) is 11.1 Å². The van der Waals surface area contributed by atoms with Gasteiger partial charge < -0.3 is 9.64 Å². The second-order valence-corrected chi connectivity index (χ2v) is 8.58. The zero-order chi connectivity index (χ0) is 17.3. The van der Waals surface area contributed by atoms with Crippen LogP contribution in [-0.4, -0.2) is 44.7 Å². The summed E-state index contributed by atoms with van der Waals surface area (Å²) in [6, 6.07) is 6.16. The monoisotopic (exact) mass is 442 g/mol. The fourth-order valence-corrected chi connectivity index (χ4v) is 3.51. The summed E-state index contributed by atoms with van der Waals surface area (Å²) in [6.45, 7) is 7.94. The van der Waals surface area contributed by atoms with Gasteiger partial charge in [0.15, 0.2) is 0 Å². The lowest BCUT2D eigenvalue weighted by atomic mass is 9.98. The third-order valence-corrected chi connectivity index (χ3v) is 4.75. The number of aromatic nitrogens is 3. The predicted octanol–water partition coefficient (Wildman–Crippen LogP) is 3.68. The highest BCUT2D eigenvalue weighted by Crippen LogP contribution is 2.22. The molecule has 2 heterocycles. The highest BCUT2D eigenvalue weighted by Gasteiger charge is 2.28. The molecule has 1 aliphatic heterocycles. The van der Waals surface area contributed by atoms with Gasteiger partial charge in [-0.1, -0.05) is 5.21 Å². The van der Waals surface area contributed by atoms with Crippen molar-refractivity contribution in [3.05, 3.63) is 21.8 Å². The average Bonchev–Trinajstić information content (AvgIpc) is 2.88. The molecule has 0 aliphatic carbocycles. The Morgan fingerprint density at radius 1 is 1.42 bits per heavy atom. The van der Waals surface area contributed by atoms with Crippen molar-refractivity contribution in [2.75, 3.05) is 13.1 Å². The van der Waals surface area contributed by atoms with Crippen LogP contribution in [0, 0.1) is 9.49 Å². The standard InChI is InChI=1S/C17H23IN4O2/c1-17(2,3)24-16(23)21-8-4-5-12(10-21)11-22-15-7-6-13(18)9-14(15)19-20-22/h6-7,9,12H,4-5,8,10-11H2,1-3H3. The Hall–Kier alpha value is -1.38. The van der Waals surface area contributed by atoms with Crippen molar-refractivity contribution >= 4 is 39.7 Å². The number of hydrogen-bond acceptors (Lipinski definition) is 4. The van der Waals surface area contributed by atoms with E-state index in [-0.39, 0.29) is 6.09 Å². The van der Waals surface area contributed by atoms with Gasteiger partial charge in [-0.25, -0.2) is 9.48 Å². The molecule has 1 aliphatic rings. The summed E-state index contributed by atoms with van der Waals surface area (Å²) in [4.78, 5) is 14.1. The molecular weight excluding hydrogens is 419 g/mol. The van der Waals surface area contributed by atoms with E-state index in [0.29, 0.717) is 12.5 Å². The molecule has 1 atom stereocenters. The zero-order valence-corrected chi connectivity index (χ0v) is 16.5. The van der Waals surface area contributed by atoms with Crippen LogP contribution in [-0.2, 0) is 11.3 Å². The van der Waals surface area contributed by atoms with E-state index in [1.807, 2.05) is 36.4 Å². The van der Waals surface area contributed by atoms with Crippen LogP contribution >= 0.6 is 22.6 Å². The number of likely N-dealkylation sites (tertiary alicyclic amines) is 1.